The van der Waals surface area contributed by atoms with Gasteiger partial charge in [-0.3, -0.25) is 0 Å². The van der Waals surface area contributed by atoms with E-state index in [1.165, 1.54) is 6.07 Å². The second kappa shape index (κ2) is 6.00. The Bertz CT molecular complexity index is 653. The van der Waals surface area contributed by atoms with Gasteiger partial charge in [0.1, 0.15) is 5.82 Å². The van der Waals surface area contributed by atoms with E-state index in [-0.39, 0.29) is 5.03 Å². The summed E-state index contributed by atoms with van der Waals surface area (Å²) >= 11 is 0. The Morgan fingerprint density at radius 1 is 1.05 bits per heavy atom. The molecule has 0 atom stereocenters. The van der Waals surface area contributed by atoms with Crippen LogP contribution in [0.1, 0.15) is 19.4 Å². The molecule has 0 aliphatic carbocycles. The molecule has 1 aromatic heterocycles. The first-order chi connectivity index (χ1) is 9.50. The largest absolute Gasteiger partial charge is 0.365 e. The lowest BCUT2D eigenvalue weighted by Crippen LogP contribution is -2.16. The Kier molecular flexibility index (Phi) is 4.34. The van der Waals surface area contributed by atoms with Gasteiger partial charge in [-0.1, -0.05) is 30.3 Å². The van der Waals surface area contributed by atoms with E-state index in [9.17, 15) is 8.42 Å². The molecule has 0 aliphatic rings. The quantitative estimate of drug-likeness (QED) is 0.915. The number of benzene rings is 1. The minimum atomic E-state index is -3.36. The van der Waals surface area contributed by atoms with E-state index < -0.39 is 15.1 Å². The molecule has 0 saturated heterocycles. The lowest BCUT2D eigenvalue weighted by Gasteiger charge is -2.08. The van der Waals surface area contributed by atoms with E-state index in [0.29, 0.717) is 12.4 Å². The maximum Gasteiger partial charge on any atom is 0.199 e. The fraction of sp³-hybridized carbons (Fsp3) is 0.286. The number of aromatic nitrogens is 2. The van der Waals surface area contributed by atoms with Crippen molar-refractivity contribution in [3.63, 3.8) is 0 Å². The van der Waals surface area contributed by atoms with Crippen molar-refractivity contribution in [2.75, 3.05) is 5.32 Å². The van der Waals surface area contributed by atoms with Gasteiger partial charge in [-0.2, -0.15) is 0 Å². The summed E-state index contributed by atoms with van der Waals surface area (Å²) in [7, 11) is -3.36. The summed E-state index contributed by atoms with van der Waals surface area (Å²) in [5.41, 5.74) is 1.12. The predicted molar refractivity (Wildman–Crippen MR) is 78.1 cm³/mol. The van der Waals surface area contributed by atoms with Gasteiger partial charge in [0.05, 0.1) is 5.25 Å². The van der Waals surface area contributed by atoms with Crippen molar-refractivity contribution in [1.82, 2.24) is 10.2 Å². The van der Waals surface area contributed by atoms with Crippen molar-refractivity contribution in [2.24, 2.45) is 0 Å². The number of sulfone groups is 1. The highest BCUT2D eigenvalue weighted by molar-refractivity contribution is 7.91. The van der Waals surface area contributed by atoms with E-state index in [2.05, 4.69) is 15.5 Å². The smallest absolute Gasteiger partial charge is 0.199 e. The molecule has 0 spiro atoms. The molecule has 20 heavy (non-hydrogen) atoms. The van der Waals surface area contributed by atoms with Gasteiger partial charge in [-0.05, 0) is 31.5 Å². The first-order valence-electron chi connectivity index (χ1n) is 6.35. The topological polar surface area (TPSA) is 72.0 Å². The second-order valence-electron chi connectivity index (χ2n) is 4.69. The summed E-state index contributed by atoms with van der Waals surface area (Å²) in [6.45, 7) is 3.86. The normalized spacial score (nSPS) is 11.6. The number of anilines is 1. The summed E-state index contributed by atoms with van der Waals surface area (Å²) in [5, 5.41) is 10.3. The van der Waals surface area contributed by atoms with E-state index in [1.807, 2.05) is 30.3 Å². The zero-order chi connectivity index (χ0) is 14.6. The van der Waals surface area contributed by atoms with Crippen molar-refractivity contribution in [3.8, 4) is 0 Å². The van der Waals surface area contributed by atoms with Crippen molar-refractivity contribution >= 4 is 15.7 Å². The molecule has 5 nitrogen and oxygen atoms in total. The van der Waals surface area contributed by atoms with Crippen LogP contribution in [0.5, 0.6) is 0 Å². The molecule has 2 rings (SSSR count). The van der Waals surface area contributed by atoms with E-state index >= 15 is 0 Å². The Morgan fingerprint density at radius 2 is 1.75 bits per heavy atom. The van der Waals surface area contributed by atoms with Crippen LogP contribution in [0.4, 0.5) is 5.82 Å². The van der Waals surface area contributed by atoms with Crippen LogP contribution < -0.4 is 5.32 Å². The standard InChI is InChI=1S/C14H17N3O2S/c1-11(2)20(18,19)14-9-8-13(16-17-14)15-10-12-6-4-3-5-7-12/h3-9,11H,10H2,1-2H3,(H,15,16). The van der Waals surface area contributed by atoms with E-state index in [1.54, 1.807) is 19.9 Å². The second-order valence-corrected chi connectivity index (χ2v) is 7.14. The maximum absolute atomic E-state index is 11.9. The Hall–Kier alpha value is -1.95. The average Bonchev–Trinajstić information content (AvgIpc) is 2.46. The predicted octanol–water partition coefficient (Wildman–Crippen LogP) is 2.27. The van der Waals surface area contributed by atoms with Gasteiger partial charge in [0.15, 0.2) is 14.9 Å². The third-order valence-corrected chi connectivity index (χ3v) is 4.91. The summed E-state index contributed by atoms with van der Waals surface area (Å²) in [6.07, 6.45) is 0. The van der Waals surface area contributed by atoms with Gasteiger partial charge < -0.3 is 5.32 Å². The minimum absolute atomic E-state index is 0.0118. The third kappa shape index (κ3) is 3.33. The number of nitrogens with zero attached hydrogens (tertiary/aromatic N) is 2. The molecule has 1 N–H and O–H groups in total. The van der Waals surface area contributed by atoms with Gasteiger partial charge >= 0.3 is 0 Å². The molecular weight excluding hydrogens is 274 g/mol. The van der Waals surface area contributed by atoms with Crippen LogP contribution in [0.25, 0.3) is 0 Å². The molecule has 0 radical (unpaired) electrons. The Morgan fingerprint density at radius 3 is 2.30 bits per heavy atom. The Labute approximate surface area is 119 Å². The summed E-state index contributed by atoms with van der Waals surface area (Å²) in [6, 6.07) is 13.0. The highest BCUT2D eigenvalue weighted by Crippen LogP contribution is 2.14. The molecule has 0 unspecified atom stereocenters. The summed E-state index contributed by atoms with van der Waals surface area (Å²) < 4.78 is 23.8. The third-order valence-electron chi connectivity index (χ3n) is 2.87. The molecule has 106 valence electrons. The molecule has 0 aliphatic heterocycles. The van der Waals surface area contributed by atoms with Crippen LogP contribution in [-0.2, 0) is 16.4 Å². The lowest BCUT2D eigenvalue weighted by molar-refractivity contribution is 0.581. The first-order valence-corrected chi connectivity index (χ1v) is 7.90. The molecule has 2 aromatic rings. The van der Waals surface area contributed by atoms with Crippen LogP contribution in [0.15, 0.2) is 47.5 Å². The molecule has 6 heteroatoms. The highest BCUT2D eigenvalue weighted by atomic mass is 32.2. The van der Waals surface area contributed by atoms with Crippen molar-refractivity contribution < 1.29 is 8.42 Å². The summed E-state index contributed by atoms with van der Waals surface area (Å²) in [5.74, 6) is 0.552. The molecule has 0 fully saturated rings. The van der Waals surface area contributed by atoms with Gasteiger partial charge in [-0.25, -0.2) is 8.42 Å². The van der Waals surface area contributed by atoms with Crippen LogP contribution in [-0.4, -0.2) is 23.9 Å². The molecule has 1 aromatic carbocycles. The number of hydrogen-bond acceptors (Lipinski definition) is 5. The lowest BCUT2D eigenvalue weighted by atomic mass is 10.2. The van der Waals surface area contributed by atoms with E-state index in [4.69, 9.17) is 0 Å². The highest BCUT2D eigenvalue weighted by Gasteiger charge is 2.20. The minimum Gasteiger partial charge on any atom is -0.365 e. The first kappa shape index (κ1) is 14.5. The molecular formula is C14H17N3O2S. The summed E-state index contributed by atoms with van der Waals surface area (Å²) in [4.78, 5) is 0. The Balaban J connectivity index is 2.06. The zero-order valence-electron chi connectivity index (χ0n) is 11.4. The van der Waals surface area contributed by atoms with Gasteiger partial charge in [0, 0.05) is 6.54 Å². The average molecular weight is 291 g/mol. The van der Waals surface area contributed by atoms with Gasteiger partial charge in [0.2, 0.25) is 0 Å². The van der Waals surface area contributed by atoms with E-state index in [0.717, 1.165) is 5.56 Å². The zero-order valence-corrected chi connectivity index (χ0v) is 12.3. The van der Waals surface area contributed by atoms with Crippen molar-refractivity contribution in [3.05, 3.63) is 48.0 Å². The van der Waals surface area contributed by atoms with Crippen LogP contribution in [0.3, 0.4) is 0 Å². The van der Waals surface area contributed by atoms with Crippen LogP contribution in [0.2, 0.25) is 0 Å². The van der Waals surface area contributed by atoms with Gasteiger partial charge in [0.25, 0.3) is 0 Å². The molecule has 1 heterocycles. The van der Waals surface area contributed by atoms with Crippen molar-refractivity contribution in [2.45, 2.75) is 30.7 Å². The van der Waals surface area contributed by atoms with Crippen LogP contribution in [0, 0.1) is 0 Å². The number of hydrogen-bond donors (Lipinski definition) is 1. The molecule has 0 bridgehead atoms. The van der Waals surface area contributed by atoms with Gasteiger partial charge in [-0.15, -0.1) is 10.2 Å². The van der Waals surface area contributed by atoms with Crippen LogP contribution >= 0.6 is 0 Å². The molecule has 0 saturated carbocycles. The number of rotatable bonds is 5. The fourth-order valence-electron chi connectivity index (χ4n) is 1.60. The SMILES string of the molecule is CC(C)S(=O)(=O)c1ccc(NCc2ccccc2)nn1. The monoisotopic (exact) mass is 291 g/mol. The molecule has 0 amide bonds. The maximum atomic E-state index is 11.9. The fourth-order valence-corrected chi connectivity index (χ4v) is 2.49. The number of nitrogens with one attached hydrogen (secondary N) is 1. The van der Waals surface area contributed by atoms with Crippen molar-refractivity contribution in [1.29, 1.82) is 0 Å².